The number of hydrogen-bond donors (Lipinski definition) is 1. The van der Waals surface area contributed by atoms with Crippen LogP contribution in [0.25, 0.3) is 6.08 Å². The average molecular weight is 321 g/mol. The van der Waals surface area contributed by atoms with Crippen LogP contribution in [-0.2, 0) is 4.84 Å². The molecular weight excluding hydrogens is 296 g/mol. The molecular formula is C18H25ClN2O. The van der Waals surface area contributed by atoms with Crippen molar-refractivity contribution in [1.29, 1.82) is 0 Å². The molecule has 0 spiro atoms. The van der Waals surface area contributed by atoms with Crippen LogP contribution in [0.1, 0.15) is 45.1 Å². The van der Waals surface area contributed by atoms with Gasteiger partial charge in [0.1, 0.15) is 6.61 Å². The minimum absolute atomic E-state index is 0.478. The summed E-state index contributed by atoms with van der Waals surface area (Å²) >= 11 is 5.93. The molecule has 1 fully saturated rings. The van der Waals surface area contributed by atoms with Crippen molar-refractivity contribution in [3.05, 3.63) is 40.4 Å². The third-order valence-corrected chi connectivity index (χ3v) is 3.86. The summed E-state index contributed by atoms with van der Waals surface area (Å²) in [6, 6.07) is 8.39. The topological polar surface area (TPSA) is 33.6 Å². The molecule has 0 atom stereocenters. The lowest BCUT2D eigenvalue weighted by Crippen LogP contribution is -2.26. The quantitative estimate of drug-likeness (QED) is 0.610. The van der Waals surface area contributed by atoms with E-state index in [4.69, 9.17) is 16.4 Å². The monoisotopic (exact) mass is 320 g/mol. The van der Waals surface area contributed by atoms with E-state index in [-0.39, 0.29) is 0 Å². The number of benzene rings is 1. The molecule has 0 aliphatic heterocycles. The van der Waals surface area contributed by atoms with E-state index < -0.39 is 0 Å². The van der Waals surface area contributed by atoms with Crippen LogP contribution in [0.2, 0.25) is 5.02 Å². The molecule has 1 aromatic rings. The van der Waals surface area contributed by atoms with E-state index in [2.05, 4.69) is 30.4 Å². The van der Waals surface area contributed by atoms with Crippen molar-refractivity contribution in [1.82, 2.24) is 5.32 Å². The first-order valence-electron chi connectivity index (χ1n) is 8.04. The summed E-state index contributed by atoms with van der Waals surface area (Å²) in [5.74, 6) is 0. The Hall–Kier alpha value is -1.32. The molecule has 1 aromatic carbocycles. The van der Waals surface area contributed by atoms with Crippen molar-refractivity contribution >= 4 is 23.4 Å². The summed E-state index contributed by atoms with van der Waals surface area (Å²) in [5, 5.41) is 8.44. The number of oxime groups is 1. The molecule has 0 heterocycles. The standard InChI is InChI=1S/C18H25ClN2O/c1-14(2)20-11-12-22-21-18-6-4-3-5-16(18)13-15-7-9-17(19)10-8-15/h7-10,13-14,20H,3-6,11-12H2,1-2H3. The number of nitrogens with one attached hydrogen (secondary N) is 1. The summed E-state index contributed by atoms with van der Waals surface area (Å²) in [6.07, 6.45) is 6.66. The molecule has 0 amide bonds. The Kier molecular flexibility index (Phi) is 6.94. The van der Waals surface area contributed by atoms with Gasteiger partial charge in [0.25, 0.3) is 0 Å². The first kappa shape index (κ1) is 17.0. The van der Waals surface area contributed by atoms with Gasteiger partial charge in [-0.1, -0.05) is 42.7 Å². The molecule has 0 saturated heterocycles. The van der Waals surface area contributed by atoms with Crippen LogP contribution in [0.3, 0.4) is 0 Å². The second kappa shape index (κ2) is 8.96. The Bertz CT molecular complexity index is 520. The molecule has 2 rings (SSSR count). The van der Waals surface area contributed by atoms with Crippen molar-refractivity contribution in [2.75, 3.05) is 13.2 Å². The molecule has 22 heavy (non-hydrogen) atoms. The average Bonchev–Trinajstić information content (AvgIpc) is 2.50. The molecule has 120 valence electrons. The molecule has 4 heteroatoms. The fourth-order valence-electron chi connectivity index (χ4n) is 2.45. The number of halogens is 1. The number of hydrogen-bond acceptors (Lipinski definition) is 3. The Morgan fingerprint density at radius 3 is 2.68 bits per heavy atom. The Balaban J connectivity index is 1.96. The maximum absolute atomic E-state index is 5.93. The highest BCUT2D eigenvalue weighted by molar-refractivity contribution is 6.30. The van der Waals surface area contributed by atoms with Crippen molar-refractivity contribution < 1.29 is 4.84 Å². The molecule has 0 unspecified atom stereocenters. The lowest BCUT2D eigenvalue weighted by Gasteiger charge is -2.16. The smallest absolute Gasteiger partial charge is 0.129 e. The van der Waals surface area contributed by atoms with Crippen molar-refractivity contribution in [3.8, 4) is 0 Å². The maximum atomic E-state index is 5.93. The van der Waals surface area contributed by atoms with Crippen molar-refractivity contribution in [2.24, 2.45) is 5.16 Å². The third-order valence-electron chi connectivity index (χ3n) is 3.61. The minimum Gasteiger partial charge on any atom is -0.394 e. The lowest BCUT2D eigenvalue weighted by atomic mass is 9.91. The third kappa shape index (κ3) is 5.82. The normalized spacial score (nSPS) is 19.1. The van der Waals surface area contributed by atoms with Crippen molar-refractivity contribution in [2.45, 2.75) is 45.6 Å². The van der Waals surface area contributed by atoms with Gasteiger partial charge in [0.15, 0.2) is 0 Å². The van der Waals surface area contributed by atoms with Gasteiger partial charge in [-0.05, 0) is 55.0 Å². The van der Waals surface area contributed by atoms with Crippen LogP contribution in [-0.4, -0.2) is 24.9 Å². The van der Waals surface area contributed by atoms with E-state index in [1.54, 1.807) is 0 Å². The van der Waals surface area contributed by atoms with Crippen LogP contribution >= 0.6 is 11.6 Å². The second-order valence-corrected chi connectivity index (χ2v) is 6.34. The highest BCUT2D eigenvalue weighted by Gasteiger charge is 2.14. The van der Waals surface area contributed by atoms with E-state index in [1.807, 2.05) is 24.3 Å². The predicted octanol–water partition coefficient (Wildman–Crippen LogP) is 4.67. The second-order valence-electron chi connectivity index (χ2n) is 5.91. The number of nitrogens with zero attached hydrogens (tertiary/aromatic N) is 1. The molecule has 1 saturated carbocycles. The zero-order valence-corrected chi connectivity index (χ0v) is 14.2. The Morgan fingerprint density at radius 1 is 1.23 bits per heavy atom. The van der Waals surface area contributed by atoms with E-state index in [0.29, 0.717) is 12.6 Å². The summed E-state index contributed by atoms with van der Waals surface area (Å²) < 4.78 is 0. The van der Waals surface area contributed by atoms with Gasteiger partial charge in [-0.15, -0.1) is 0 Å². The number of allylic oxidation sites excluding steroid dienone is 1. The largest absolute Gasteiger partial charge is 0.394 e. The first-order valence-corrected chi connectivity index (χ1v) is 8.41. The summed E-state index contributed by atoms with van der Waals surface area (Å²) in [7, 11) is 0. The van der Waals surface area contributed by atoms with Gasteiger partial charge >= 0.3 is 0 Å². The lowest BCUT2D eigenvalue weighted by molar-refractivity contribution is 0.143. The molecule has 0 bridgehead atoms. The fraction of sp³-hybridized carbons (Fsp3) is 0.500. The van der Waals surface area contributed by atoms with E-state index in [0.717, 1.165) is 35.7 Å². The fourth-order valence-corrected chi connectivity index (χ4v) is 2.58. The van der Waals surface area contributed by atoms with Gasteiger partial charge in [0, 0.05) is 17.6 Å². The molecule has 0 radical (unpaired) electrons. The zero-order chi connectivity index (χ0) is 15.8. The predicted molar refractivity (Wildman–Crippen MR) is 94.4 cm³/mol. The van der Waals surface area contributed by atoms with E-state index in [9.17, 15) is 0 Å². The van der Waals surface area contributed by atoms with Crippen molar-refractivity contribution in [3.63, 3.8) is 0 Å². The first-order chi connectivity index (χ1) is 10.6. The highest BCUT2D eigenvalue weighted by Crippen LogP contribution is 2.24. The number of rotatable bonds is 6. The van der Waals surface area contributed by atoms with Crippen LogP contribution in [0.4, 0.5) is 0 Å². The summed E-state index contributed by atoms with van der Waals surface area (Å²) in [4.78, 5) is 5.47. The van der Waals surface area contributed by atoms with Crippen LogP contribution < -0.4 is 5.32 Å². The SMILES string of the molecule is CC(C)NCCON=C1CCCCC1=Cc1ccc(Cl)cc1. The van der Waals surface area contributed by atoms with Gasteiger partial charge in [-0.25, -0.2) is 0 Å². The summed E-state index contributed by atoms with van der Waals surface area (Å²) in [5.41, 5.74) is 3.53. The Morgan fingerprint density at radius 2 is 1.95 bits per heavy atom. The van der Waals surface area contributed by atoms with E-state index >= 15 is 0 Å². The van der Waals surface area contributed by atoms with Crippen LogP contribution in [0.5, 0.6) is 0 Å². The van der Waals surface area contributed by atoms with E-state index in [1.165, 1.54) is 18.4 Å². The van der Waals surface area contributed by atoms with Gasteiger partial charge in [-0.2, -0.15) is 0 Å². The minimum atomic E-state index is 0.478. The molecule has 3 nitrogen and oxygen atoms in total. The zero-order valence-electron chi connectivity index (χ0n) is 13.4. The van der Waals surface area contributed by atoms with Crippen LogP contribution in [0.15, 0.2) is 35.0 Å². The molecule has 1 aliphatic carbocycles. The molecule has 1 N–H and O–H groups in total. The maximum Gasteiger partial charge on any atom is 0.129 e. The van der Waals surface area contributed by atoms with Crippen LogP contribution in [0, 0.1) is 0 Å². The summed E-state index contributed by atoms with van der Waals surface area (Å²) in [6.45, 7) is 5.68. The van der Waals surface area contributed by atoms with Gasteiger partial charge in [-0.3, -0.25) is 0 Å². The van der Waals surface area contributed by atoms with Gasteiger partial charge in [0.2, 0.25) is 0 Å². The van der Waals surface area contributed by atoms with Gasteiger partial charge < -0.3 is 10.2 Å². The highest BCUT2D eigenvalue weighted by atomic mass is 35.5. The molecule has 0 aromatic heterocycles. The van der Waals surface area contributed by atoms with Gasteiger partial charge in [0.05, 0.1) is 5.71 Å². The Labute approximate surface area is 138 Å². The molecule has 1 aliphatic rings.